The molecule has 0 fully saturated rings. The summed E-state index contributed by atoms with van der Waals surface area (Å²) in [5, 5.41) is 39.4. The Balaban J connectivity index is 2.21. The van der Waals surface area contributed by atoms with Gasteiger partial charge in [-0.15, -0.1) is 0 Å². The maximum atomic E-state index is 11.1. The predicted octanol–water partition coefficient (Wildman–Crippen LogP) is 1.17. The van der Waals surface area contributed by atoms with Crippen LogP contribution in [0.5, 0.6) is 5.75 Å². The molecule has 6 N–H and O–H groups in total. The smallest absolute Gasteiger partial charge is 0.448 e. The van der Waals surface area contributed by atoms with Gasteiger partial charge in [0.05, 0.1) is 11.6 Å². The van der Waals surface area contributed by atoms with Crippen LogP contribution in [0.2, 0.25) is 0 Å². The summed E-state index contributed by atoms with van der Waals surface area (Å²) in [4.78, 5) is 17.9. The summed E-state index contributed by atoms with van der Waals surface area (Å²) in [7, 11) is -4.77. The Bertz CT molecular complexity index is 731. The highest BCUT2D eigenvalue weighted by atomic mass is 31.2. The number of hydrogen-bond acceptors (Lipinski definition) is 5. The van der Waals surface area contributed by atoms with Crippen LogP contribution in [0.25, 0.3) is 0 Å². The molecule has 0 spiro atoms. The third-order valence-electron chi connectivity index (χ3n) is 3.54. The maximum absolute atomic E-state index is 11.1. The molecule has 1 unspecified atom stereocenters. The molecule has 1 aromatic carbocycles. The van der Waals surface area contributed by atoms with E-state index in [4.69, 9.17) is 9.79 Å². The third kappa shape index (κ3) is 5.02. The number of benzene rings is 1. The zero-order valence-electron chi connectivity index (χ0n) is 12.5. The van der Waals surface area contributed by atoms with Crippen molar-refractivity contribution in [1.82, 2.24) is 0 Å². The van der Waals surface area contributed by atoms with Gasteiger partial charge >= 0.3 is 7.75 Å². The van der Waals surface area contributed by atoms with Crippen LogP contribution in [-0.2, 0) is 11.0 Å². The number of aromatic hydroxyl groups is 1. The lowest BCUT2D eigenvalue weighted by Crippen LogP contribution is -2.42. The number of nitrogens with zero attached hydrogens (tertiary/aromatic N) is 1. The second kappa shape index (κ2) is 6.88. The molecule has 0 amide bonds. The molecular weight excluding hydrogens is 337 g/mol. The monoisotopic (exact) mass is 355 g/mol. The van der Waals surface area contributed by atoms with E-state index in [0.717, 1.165) is 23.8 Å². The van der Waals surface area contributed by atoms with Gasteiger partial charge in [0.2, 0.25) is 0 Å². The minimum absolute atomic E-state index is 0.0827. The zero-order valence-corrected chi connectivity index (χ0v) is 13.4. The fraction of sp³-hybridized carbons (Fsp3) is 0.267. The maximum Gasteiger partial charge on any atom is 0.448 e. The Labute approximate surface area is 138 Å². The predicted molar refractivity (Wildman–Crippen MR) is 86.4 cm³/mol. The minimum Gasteiger partial charge on any atom is -0.508 e. The first-order chi connectivity index (χ1) is 11.1. The average Bonchev–Trinajstić information content (AvgIpc) is 2.47. The van der Waals surface area contributed by atoms with E-state index in [1.54, 1.807) is 12.1 Å². The highest BCUT2D eigenvalue weighted by molar-refractivity contribution is 7.50. The van der Waals surface area contributed by atoms with E-state index in [0.29, 0.717) is 0 Å². The van der Waals surface area contributed by atoms with Crippen molar-refractivity contribution in [3.63, 3.8) is 0 Å². The highest BCUT2D eigenvalue weighted by Gasteiger charge is 2.38. The molecule has 1 aromatic rings. The van der Waals surface area contributed by atoms with E-state index in [2.05, 4.69) is 4.76 Å². The number of phenols is 1. The molecule has 9 heteroatoms. The number of phenolic OH excluding ortho intramolecular Hbond substituents is 1. The first-order valence-corrected chi connectivity index (χ1v) is 8.60. The van der Waals surface area contributed by atoms with Gasteiger partial charge in [0.15, 0.2) is 5.79 Å². The Morgan fingerprint density at radius 2 is 1.71 bits per heavy atom. The van der Waals surface area contributed by atoms with Crippen LogP contribution >= 0.6 is 7.75 Å². The molecule has 1 aliphatic rings. The third-order valence-corrected chi connectivity index (χ3v) is 4.03. The number of rotatable bonds is 5. The molecule has 130 valence electrons. The average molecular weight is 355 g/mol. The molecule has 8 nitrogen and oxygen atoms in total. The van der Waals surface area contributed by atoms with Gasteiger partial charge in [-0.05, 0) is 42.3 Å². The molecule has 2 rings (SSSR count). The van der Waals surface area contributed by atoms with E-state index in [1.807, 2.05) is 0 Å². The fourth-order valence-corrected chi connectivity index (χ4v) is 2.84. The van der Waals surface area contributed by atoms with Gasteiger partial charge < -0.3 is 30.2 Å². The molecule has 0 aromatic heterocycles. The fourth-order valence-electron chi connectivity index (χ4n) is 2.35. The van der Waals surface area contributed by atoms with E-state index >= 15 is 0 Å². The molecule has 0 saturated heterocycles. The largest absolute Gasteiger partial charge is 0.508 e. The Hall–Kier alpha value is -1.96. The van der Waals surface area contributed by atoms with Crippen molar-refractivity contribution in [2.24, 2.45) is 10.7 Å². The van der Waals surface area contributed by atoms with Gasteiger partial charge in [0.25, 0.3) is 0 Å². The molecule has 0 bridgehead atoms. The van der Waals surface area contributed by atoms with Crippen LogP contribution < -0.4 is 0 Å². The molecule has 0 saturated carbocycles. The standard InChI is InChI=1S/C15H18NO7P/c17-11-3-1-10(2-4-11)7-8-15(19,20)13-9-12(18)5-6-14(13)16-24(21,22)23/h1-6,9,13,17-20H,7-8H2,(H2,21,22,23). The first kappa shape index (κ1) is 18.4. The molecule has 0 radical (unpaired) electrons. The summed E-state index contributed by atoms with van der Waals surface area (Å²) in [6.07, 6.45) is 3.40. The van der Waals surface area contributed by atoms with Crippen molar-refractivity contribution in [3.05, 3.63) is 53.8 Å². The highest BCUT2D eigenvalue weighted by Crippen LogP contribution is 2.39. The van der Waals surface area contributed by atoms with Gasteiger partial charge in [-0.25, -0.2) is 4.57 Å². The van der Waals surface area contributed by atoms with Crippen molar-refractivity contribution in [3.8, 4) is 5.75 Å². The topological polar surface area (TPSA) is 151 Å². The molecule has 0 heterocycles. The van der Waals surface area contributed by atoms with Crippen LogP contribution in [0.3, 0.4) is 0 Å². The normalized spacial score (nSPS) is 20.2. The number of aliphatic hydroxyl groups is 3. The zero-order chi connectivity index (χ0) is 18.0. The lowest BCUT2D eigenvalue weighted by molar-refractivity contribution is -0.178. The lowest BCUT2D eigenvalue weighted by atomic mass is 9.86. The molecule has 1 aliphatic carbocycles. The van der Waals surface area contributed by atoms with Crippen LogP contribution in [0, 0.1) is 5.92 Å². The summed E-state index contributed by atoms with van der Waals surface area (Å²) in [6.45, 7) is 0. The Morgan fingerprint density at radius 3 is 2.29 bits per heavy atom. The van der Waals surface area contributed by atoms with E-state index < -0.39 is 19.5 Å². The molecule has 24 heavy (non-hydrogen) atoms. The summed E-state index contributed by atoms with van der Waals surface area (Å²) < 4.78 is 14.3. The number of hydrogen-bond donors (Lipinski definition) is 6. The van der Waals surface area contributed by atoms with Crippen molar-refractivity contribution in [2.75, 3.05) is 0 Å². The quantitative estimate of drug-likeness (QED) is 0.343. The minimum atomic E-state index is -4.77. The van der Waals surface area contributed by atoms with Gasteiger partial charge in [0, 0.05) is 6.42 Å². The van der Waals surface area contributed by atoms with Crippen molar-refractivity contribution in [1.29, 1.82) is 0 Å². The van der Waals surface area contributed by atoms with Crippen LogP contribution in [0.1, 0.15) is 12.0 Å². The number of aliphatic hydroxyl groups excluding tert-OH is 1. The van der Waals surface area contributed by atoms with Gasteiger partial charge in [-0.2, -0.15) is 4.76 Å². The van der Waals surface area contributed by atoms with E-state index in [9.17, 15) is 25.0 Å². The van der Waals surface area contributed by atoms with Crippen LogP contribution in [0.15, 0.2) is 53.0 Å². The summed E-state index contributed by atoms with van der Waals surface area (Å²) in [6, 6.07) is 6.15. The van der Waals surface area contributed by atoms with Gasteiger partial charge in [-0.1, -0.05) is 12.1 Å². The van der Waals surface area contributed by atoms with Gasteiger partial charge in [-0.3, -0.25) is 0 Å². The van der Waals surface area contributed by atoms with Crippen molar-refractivity contribution in [2.45, 2.75) is 18.6 Å². The van der Waals surface area contributed by atoms with E-state index in [-0.39, 0.29) is 30.1 Å². The molecule has 1 atom stereocenters. The second-order valence-electron chi connectivity index (χ2n) is 5.49. The van der Waals surface area contributed by atoms with Crippen molar-refractivity contribution >= 4 is 13.5 Å². The first-order valence-electron chi connectivity index (χ1n) is 7.04. The lowest BCUT2D eigenvalue weighted by Gasteiger charge is -2.31. The summed E-state index contributed by atoms with van der Waals surface area (Å²) >= 11 is 0. The summed E-state index contributed by atoms with van der Waals surface area (Å²) in [5.74, 6) is -3.86. The molecular formula is C15H18NO7P. The number of aryl methyl sites for hydroxylation is 1. The SMILES string of the molecule is O=P(O)(O)N=C1C=CC(O)=CC1C(O)(O)CCc1ccc(O)cc1. The second-order valence-corrected chi connectivity index (χ2v) is 6.71. The van der Waals surface area contributed by atoms with Crippen LogP contribution in [-0.4, -0.2) is 41.7 Å². The van der Waals surface area contributed by atoms with Crippen molar-refractivity contribution < 1.29 is 34.8 Å². The van der Waals surface area contributed by atoms with E-state index in [1.165, 1.54) is 12.1 Å². The van der Waals surface area contributed by atoms with Gasteiger partial charge in [0.1, 0.15) is 11.5 Å². The molecule has 0 aliphatic heterocycles. The summed E-state index contributed by atoms with van der Waals surface area (Å²) in [5.41, 5.74) is 0.491. The Morgan fingerprint density at radius 1 is 1.08 bits per heavy atom. The number of allylic oxidation sites excluding steroid dienone is 2. The van der Waals surface area contributed by atoms with Crippen LogP contribution in [0.4, 0.5) is 0 Å². The Kier molecular flexibility index (Phi) is 5.27.